The smallest absolute Gasteiger partial charge is 0.407 e. The van der Waals surface area contributed by atoms with Crippen LogP contribution in [0.4, 0.5) is 10.5 Å². The first-order chi connectivity index (χ1) is 13.8. The van der Waals surface area contributed by atoms with Gasteiger partial charge in [-0.25, -0.2) is 9.79 Å². The van der Waals surface area contributed by atoms with Gasteiger partial charge in [-0.1, -0.05) is 46.3 Å². The van der Waals surface area contributed by atoms with Crippen LogP contribution in [0.1, 0.15) is 20.8 Å². The molecule has 0 bridgehead atoms. The zero-order valence-electron chi connectivity index (χ0n) is 16.7. The van der Waals surface area contributed by atoms with Crippen LogP contribution in [0.25, 0.3) is 11.3 Å². The normalized spacial score (nSPS) is 12.1. The molecule has 152 valence electrons. The number of carbonyl (C=O) groups excluding carboxylic acids is 1. The minimum absolute atomic E-state index is 0.417. The van der Waals surface area contributed by atoms with Crippen molar-refractivity contribution in [1.29, 1.82) is 0 Å². The number of ether oxygens (including phenoxy) is 1. The summed E-state index contributed by atoms with van der Waals surface area (Å²) in [5, 5.41) is 4.93. The van der Waals surface area contributed by atoms with Crippen LogP contribution in [0.3, 0.4) is 0 Å². The number of alkyl carbamates (subject to hydrolysis) is 1. The van der Waals surface area contributed by atoms with Crippen molar-refractivity contribution >= 4 is 39.0 Å². The van der Waals surface area contributed by atoms with Crippen molar-refractivity contribution in [3.05, 3.63) is 69.3 Å². The molecule has 2 aromatic carbocycles. The lowest BCUT2D eigenvalue weighted by atomic mass is 10.2. The molecule has 0 aliphatic carbocycles. The number of hydrogen-bond acceptors (Lipinski definition) is 4. The van der Waals surface area contributed by atoms with Gasteiger partial charge in [0, 0.05) is 22.9 Å². The van der Waals surface area contributed by atoms with E-state index in [1.54, 1.807) is 11.3 Å². The molecule has 0 fully saturated rings. The predicted octanol–water partition coefficient (Wildman–Crippen LogP) is 5.74. The molecular weight excluding hydrogens is 450 g/mol. The van der Waals surface area contributed by atoms with E-state index in [9.17, 15) is 4.79 Å². The van der Waals surface area contributed by atoms with E-state index in [0.717, 1.165) is 26.2 Å². The van der Waals surface area contributed by atoms with Crippen LogP contribution >= 0.6 is 27.3 Å². The topological polar surface area (TPSA) is 55.6 Å². The molecule has 5 nitrogen and oxygen atoms in total. The van der Waals surface area contributed by atoms with E-state index in [1.165, 1.54) is 0 Å². The Morgan fingerprint density at radius 1 is 1.14 bits per heavy atom. The van der Waals surface area contributed by atoms with Crippen molar-refractivity contribution in [3.8, 4) is 11.3 Å². The number of amides is 1. The third-order valence-electron chi connectivity index (χ3n) is 3.92. The van der Waals surface area contributed by atoms with Gasteiger partial charge < -0.3 is 14.6 Å². The van der Waals surface area contributed by atoms with Crippen LogP contribution in [0.5, 0.6) is 0 Å². The van der Waals surface area contributed by atoms with E-state index < -0.39 is 11.7 Å². The lowest BCUT2D eigenvalue weighted by Gasteiger charge is -2.20. The first-order valence-electron chi connectivity index (χ1n) is 9.33. The standard InChI is InChI=1S/C22H24BrN3O2S/c1-22(2,3)28-21(27)24-13-14-26-19(16-9-11-17(23)12-10-16)15-29-20(26)25-18-7-5-4-6-8-18/h4-12,15H,13-14H2,1-3H3,(H,24,27). The summed E-state index contributed by atoms with van der Waals surface area (Å²) in [6.45, 7) is 6.57. The zero-order chi connectivity index (χ0) is 20.9. The number of hydrogen-bond donors (Lipinski definition) is 1. The van der Waals surface area contributed by atoms with Gasteiger partial charge in [0.2, 0.25) is 0 Å². The average Bonchev–Trinajstić information content (AvgIpc) is 3.04. The highest BCUT2D eigenvalue weighted by Gasteiger charge is 2.16. The van der Waals surface area contributed by atoms with E-state index in [1.807, 2.05) is 63.2 Å². The Morgan fingerprint density at radius 2 is 1.83 bits per heavy atom. The van der Waals surface area contributed by atoms with Gasteiger partial charge in [0.1, 0.15) is 5.60 Å². The fourth-order valence-corrected chi connectivity index (χ4v) is 3.90. The Hall–Kier alpha value is -2.38. The molecule has 0 saturated heterocycles. The van der Waals surface area contributed by atoms with Crippen molar-refractivity contribution < 1.29 is 9.53 Å². The summed E-state index contributed by atoms with van der Waals surface area (Å²) < 4.78 is 8.48. The Morgan fingerprint density at radius 3 is 2.48 bits per heavy atom. The fraction of sp³-hybridized carbons (Fsp3) is 0.273. The maximum Gasteiger partial charge on any atom is 0.407 e. The summed E-state index contributed by atoms with van der Waals surface area (Å²) in [6, 6.07) is 18.0. The van der Waals surface area contributed by atoms with Crippen LogP contribution in [-0.4, -0.2) is 22.8 Å². The summed E-state index contributed by atoms with van der Waals surface area (Å²) in [4.78, 5) is 17.7. The number of para-hydroxylation sites is 1. The van der Waals surface area contributed by atoms with Crippen molar-refractivity contribution in [1.82, 2.24) is 9.88 Å². The van der Waals surface area contributed by atoms with Gasteiger partial charge in [-0.05, 0) is 50.6 Å². The van der Waals surface area contributed by atoms with E-state index in [2.05, 4.69) is 43.3 Å². The molecule has 1 heterocycles. The van der Waals surface area contributed by atoms with Gasteiger partial charge in [0.05, 0.1) is 11.4 Å². The third kappa shape index (κ3) is 6.30. The largest absolute Gasteiger partial charge is 0.444 e. The third-order valence-corrected chi connectivity index (χ3v) is 5.31. The number of nitrogens with one attached hydrogen (secondary N) is 1. The van der Waals surface area contributed by atoms with Crippen molar-refractivity contribution in [2.24, 2.45) is 4.99 Å². The van der Waals surface area contributed by atoms with E-state index in [0.29, 0.717) is 13.1 Å². The molecule has 3 rings (SSSR count). The molecule has 0 atom stereocenters. The number of aromatic nitrogens is 1. The van der Waals surface area contributed by atoms with Crippen molar-refractivity contribution in [3.63, 3.8) is 0 Å². The molecular formula is C22H24BrN3O2S. The first kappa shape index (κ1) is 21.3. The molecule has 1 amide bonds. The number of carbonyl (C=O) groups is 1. The monoisotopic (exact) mass is 473 g/mol. The van der Waals surface area contributed by atoms with Crippen molar-refractivity contribution in [2.45, 2.75) is 32.9 Å². The maximum absolute atomic E-state index is 12.0. The number of halogens is 1. The minimum atomic E-state index is -0.518. The average molecular weight is 474 g/mol. The molecule has 0 aliphatic rings. The minimum Gasteiger partial charge on any atom is -0.444 e. The lowest BCUT2D eigenvalue weighted by molar-refractivity contribution is 0.0526. The summed E-state index contributed by atoms with van der Waals surface area (Å²) in [7, 11) is 0. The van der Waals surface area contributed by atoms with Gasteiger partial charge in [-0.3, -0.25) is 0 Å². The number of nitrogens with zero attached hydrogens (tertiary/aromatic N) is 2. The zero-order valence-corrected chi connectivity index (χ0v) is 19.1. The van der Waals surface area contributed by atoms with Crippen LogP contribution < -0.4 is 10.1 Å². The molecule has 0 unspecified atom stereocenters. The molecule has 1 N–H and O–H groups in total. The molecule has 0 aliphatic heterocycles. The number of rotatable bonds is 5. The Balaban J connectivity index is 1.87. The van der Waals surface area contributed by atoms with Gasteiger partial charge in [0.25, 0.3) is 0 Å². The quantitative estimate of drug-likeness (QED) is 0.513. The molecule has 0 saturated carbocycles. The first-order valence-corrected chi connectivity index (χ1v) is 11.0. The Labute approximate surface area is 183 Å². The SMILES string of the molecule is CC(C)(C)OC(=O)NCCn1c(-c2ccc(Br)cc2)csc1=Nc1ccccc1. The Kier molecular flexibility index (Phi) is 6.92. The second-order valence-corrected chi connectivity index (χ2v) is 9.19. The predicted molar refractivity (Wildman–Crippen MR) is 121 cm³/mol. The van der Waals surface area contributed by atoms with Crippen molar-refractivity contribution in [2.75, 3.05) is 6.54 Å². The second kappa shape index (κ2) is 9.41. The molecule has 7 heteroatoms. The van der Waals surface area contributed by atoms with E-state index in [4.69, 9.17) is 9.73 Å². The van der Waals surface area contributed by atoms with Crippen LogP contribution in [0, 0.1) is 0 Å². The number of thiazole rings is 1. The molecule has 3 aromatic rings. The molecule has 0 spiro atoms. The lowest BCUT2D eigenvalue weighted by Crippen LogP contribution is -2.35. The van der Waals surface area contributed by atoms with Gasteiger partial charge in [0.15, 0.2) is 4.80 Å². The van der Waals surface area contributed by atoms with E-state index >= 15 is 0 Å². The summed E-state index contributed by atoms with van der Waals surface area (Å²) in [5.74, 6) is 0. The molecule has 0 radical (unpaired) electrons. The van der Waals surface area contributed by atoms with E-state index in [-0.39, 0.29) is 0 Å². The van der Waals surface area contributed by atoms with Gasteiger partial charge in [-0.15, -0.1) is 11.3 Å². The number of benzene rings is 2. The van der Waals surface area contributed by atoms with Crippen LogP contribution in [-0.2, 0) is 11.3 Å². The van der Waals surface area contributed by atoms with Gasteiger partial charge >= 0.3 is 6.09 Å². The van der Waals surface area contributed by atoms with Crippen LogP contribution in [0.2, 0.25) is 0 Å². The molecule has 29 heavy (non-hydrogen) atoms. The summed E-state index contributed by atoms with van der Waals surface area (Å²) >= 11 is 5.06. The second-order valence-electron chi connectivity index (χ2n) is 7.44. The summed E-state index contributed by atoms with van der Waals surface area (Å²) in [5.41, 5.74) is 2.53. The fourth-order valence-electron chi connectivity index (χ4n) is 2.68. The maximum atomic E-state index is 12.0. The van der Waals surface area contributed by atoms with Gasteiger partial charge in [-0.2, -0.15) is 0 Å². The highest BCUT2D eigenvalue weighted by molar-refractivity contribution is 9.10. The summed E-state index contributed by atoms with van der Waals surface area (Å²) in [6.07, 6.45) is -0.417. The highest BCUT2D eigenvalue weighted by Crippen LogP contribution is 2.23. The molecule has 1 aromatic heterocycles. The highest BCUT2D eigenvalue weighted by atomic mass is 79.9. The van der Waals surface area contributed by atoms with Crippen LogP contribution in [0.15, 0.2) is 69.4 Å². The Bertz CT molecular complexity index is 1020.